The molecule has 2 aromatic carbocycles. The number of alkyl halides is 3. The predicted molar refractivity (Wildman–Crippen MR) is 101 cm³/mol. The van der Waals surface area contributed by atoms with Crippen LogP contribution in [0.5, 0.6) is 0 Å². The van der Waals surface area contributed by atoms with E-state index in [4.69, 9.17) is 4.42 Å². The van der Waals surface area contributed by atoms with Gasteiger partial charge >= 0.3 is 6.18 Å². The Labute approximate surface area is 155 Å². The Morgan fingerprint density at radius 1 is 0.963 bits per heavy atom. The SMILES string of the molecule is C=C(N/C=C(\C)c1ccccc1)c1ccc(-c2ccccc2C(F)(F)F)o1. The summed E-state index contributed by atoms with van der Waals surface area (Å²) in [6, 6.07) is 18.2. The molecule has 0 radical (unpaired) electrons. The minimum absolute atomic E-state index is 0.0000539. The highest BCUT2D eigenvalue weighted by molar-refractivity contribution is 5.69. The molecule has 0 spiro atoms. The van der Waals surface area contributed by atoms with Gasteiger partial charge in [0.05, 0.1) is 11.3 Å². The molecular formula is C22H18F3NO. The maximum Gasteiger partial charge on any atom is 0.417 e. The smallest absolute Gasteiger partial charge is 0.417 e. The zero-order valence-electron chi connectivity index (χ0n) is 14.7. The van der Waals surface area contributed by atoms with Crippen molar-refractivity contribution >= 4 is 11.3 Å². The quantitative estimate of drug-likeness (QED) is 0.549. The fourth-order valence-electron chi connectivity index (χ4n) is 2.64. The first-order valence-corrected chi connectivity index (χ1v) is 8.30. The van der Waals surface area contributed by atoms with Crippen LogP contribution in [0.25, 0.3) is 22.6 Å². The van der Waals surface area contributed by atoms with E-state index in [9.17, 15) is 13.2 Å². The minimum atomic E-state index is -4.45. The number of hydrogen-bond donors (Lipinski definition) is 1. The zero-order chi connectivity index (χ0) is 19.4. The number of furan rings is 1. The van der Waals surface area contributed by atoms with E-state index in [-0.39, 0.29) is 11.3 Å². The van der Waals surface area contributed by atoms with Gasteiger partial charge in [-0.2, -0.15) is 13.2 Å². The molecule has 1 heterocycles. The fourth-order valence-corrected chi connectivity index (χ4v) is 2.64. The molecule has 0 aliphatic rings. The third kappa shape index (κ3) is 4.31. The van der Waals surface area contributed by atoms with E-state index in [1.54, 1.807) is 18.3 Å². The number of allylic oxidation sites excluding steroid dienone is 1. The summed E-state index contributed by atoms with van der Waals surface area (Å²) in [4.78, 5) is 0. The Kier molecular flexibility index (Phi) is 5.21. The molecule has 1 N–H and O–H groups in total. The first-order valence-electron chi connectivity index (χ1n) is 8.30. The van der Waals surface area contributed by atoms with Crippen molar-refractivity contribution in [3.63, 3.8) is 0 Å². The third-order valence-electron chi connectivity index (χ3n) is 4.09. The van der Waals surface area contributed by atoms with Crippen LogP contribution >= 0.6 is 0 Å². The van der Waals surface area contributed by atoms with Crippen LogP contribution in [0.1, 0.15) is 23.8 Å². The molecule has 138 valence electrons. The summed E-state index contributed by atoms with van der Waals surface area (Å²) >= 11 is 0. The number of halogens is 3. The third-order valence-corrected chi connectivity index (χ3v) is 4.09. The molecule has 5 heteroatoms. The molecular weight excluding hydrogens is 351 g/mol. The minimum Gasteiger partial charge on any atom is -0.455 e. The fraction of sp³-hybridized carbons (Fsp3) is 0.0909. The molecule has 0 bridgehead atoms. The van der Waals surface area contributed by atoms with Gasteiger partial charge in [0.2, 0.25) is 0 Å². The van der Waals surface area contributed by atoms with Gasteiger partial charge in [0.15, 0.2) is 0 Å². The normalized spacial score (nSPS) is 12.1. The van der Waals surface area contributed by atoms with Gasteiger partial charge in [0.1, 0.15) is 11.5 Å². The molecule has 3 rings (SSSR count). The highest BCUT2D eigenvalue weighted by Crippen LogP contribution is 2.37. The van der Waals surface area contributed by atoms with Gasteiger partial charge in [-0.25, -0.2) is 0 Å². The molecule has 0 aliphatic heterocycles. The van der Waals surface area contributed by atoms with Crippen molar-refractivity contribution in [2.24, 2.45) is 0 Å². The summed E-state index contributed by atoms with van der Waals surface area (Å²) < 4.78 is 45.2. The van der Waals surface area contributed by atoms with E-state index in [0.29, 0.717) is 11.5 Å². The number of hydrogen-bond acceptors (Lipinski definition) is 2. The van der Waals surface area contributed by atoms with E-state index in [1.807, 2.05) is 37.3 Å². The number of rotatable bonds is 5. The molecule has 0 aliphatic carbocycles. The molecule has 0 unspecified atom stereocenters. The van der Waals surface area contributed by atoms with Crippen LogP contribution in [0.2, 0.25) is 0 Å². The van der Waals surface area contributed by atoms with Crippen molar-refractivity contribution in [2.75, 3.05) is 0 Å². The van der Waals surface area contributed by atoms with Crippen LogP contribution in [0.4, 0.5) is 13.2 Å². The Bertz CT molecular complexity index is 968. The largest absolute Gasteiger partial charge is 0.455 e. The summed E-state index contributed by atoms with van der Waals surface area (Å²) in [7, 11) is 0. The van der Waals surface area contributed by atoms with Crippen molar-refractivity contribution < 1.29 is 17.6 Å². The van der Waals surface area contributed by atoms with Crippen molar-refractivity contribution in [3.05, 3.63) is 96.4 Å². The van der Waals surface area contributed by atoms with Gasteiger partial charge in [0, 0.05) is 11.8 Å². The monoisotopic (exact) mass is 369 g/mol. The standard InChI is InChI=1S/C22H18F3NO/c1-15(17-8-4-3-5-9-17)14-26-16(2)20-12-13-21(27-20)18-10-6-7-11-19(18)22(23,24)25/h3-14,26H,2H2,1H3/b15-14+. The Hall–Kier alpha value is -3.21. The Morgan fingerprint density at radius 2 is 1.63 bits per heavy atom. The van der Waals surface area contributed by atoms with Crippen LogP contribution in [0.15, 0.2) is 83.9 Å². The second-order valence-electron chi connectivity index (χ2n) is 6.02. The molecule has 0 atom stereocenters. The Balaban J connectivity index is 1.80. The van der Waals surface area contributed by atoms with Crippen LogP contribution in [0, 0.1) is 0 Å². The molecule has 1 aromatic heterocycles. The van der Waals surface area contributed by atoms with E-state index in [2.05, 4.69) is 11.9 Å². The maximum absolute atomic E-state index is 13.2. The Morgan fingerprint density at radius 3 is 2.33 bits per heavy atom. The summed E-state index contributed by atoms with van der Waals surface area (Å²) in [5.74, 6) is 0.517. The molecule has 0 saturated heterocycles. The average molecular weight is 369 g/mol. The molecule has 2 nitrogen and oxygen atoms in total. The van der Waals surface area contributed by atoms with Gasteiger partial charge in [-0.15, -0.1) is 0 Å². The van der Waals surface area contributed by atoms with E-state index >= 15 is 0 Å². The van der Waals surface area contributed by atoms with Crippen LogP contribution in [-0.4, -0.2) is 0 Å². The van der Waals surface area contributed by atoms with Crippen molar-refractivity contribution in [1.29, 1.82) is 0 Å². The topological polar surface area (TPSA) is 25.2 Å². The van der Waals surface area contributed by atoms with E-state index in [1.165, 1.54) is 18.2 Å². The summed E-state index contributed by atoms with van der Waals surface area (Å²) in [5.41, 5.74) is 1.77. The molecule has 0 amide bonds. The van der Waals surface area contributed by atoms with Crippen LogP contribution in [0.3, 0.4) is 0 Å². The van der Waals surface area contributed by atoms with Gasteiger partial charge in [0.25, 0.3) is 0 Å². The lowest BCUT2D eigenvalue weighted by Gasteiger charge is -2.10. The highest BCUT2D eigenvalue weighted by atomic mass is 19.4. The van der Waals surface area contributed by atoms with Crippen LogP contribution < -0.4 is 5.32 Å². The first-order chi connectivity index (χ1) is 12.9. The molecule has 0 saturated carbocycles. The molecule has 3 aromatic rings. The number of benzene rings is 2. The van der Waals surface area contributed by atoms with E-state index in [0.717, 1.165) is 17.2 Å². The summed E-state index contributed by atoms with van der Waals surface area (Å²) in [6.07, 6.45) is -2.67. The van der Waals surface area contributed by atoms with E-state index < -0.39 is 11.7 Å². The summed E-state index contributed by atoms with van der Waals surface area (Å²) in [5, 5.41) is 3.03. The second kappa shape index (κ2) is 7.58. The second-order valence-corrected chi connectivity index (χ2v) is 6.02. The lowest BCUT2D eigenvalue weighted by molar-refractivity contribution is -0.137. The van der Waals surface area contributed by atoms with Gasteiger partial charge in [-0.1, -0.05) is 55.1 Å². The number of nitrogens with one attached hydrogen (secondary N) is 1. The first kappa shape index (κ1) is 18.6. The van der Waals surface area contributed by atoms with Gasteiger partial charge < -0.3 is 9.73 Å². The van der Waals surface area contributed by atoms with Gasteiger partial charge in [-0.3, -0.25) is 0 Å². The lowest BCUT2D eigenvalue weighted by Crippen LogP contribution is -2.06. The van der Waals surface area contributed by atoms with Crippen molar-refractivity contribution in [2.45, 2.75) is 13.1 Å². The average Bonchev–Trinajstić information content (AvgIpc) is 3.16. The predicted octanol–water partition coefficient (Wildman–Crippen LogP) is 6.59. The molecule has 0 fully saturated rings. The van der Waals surface area contributed by atoms with Crippen LogP contribution in [-0.2, 0) is 6.18 Å². The highest BCUT2D eigenvalue weighted by Gasteiger charge is 2.34. The van der Waals surface area contributed by atoms with Crippen molar-refractivity contribution in [3.8, 4) is 11.3 Å². The lowest BCUT2D eigenvalue weighted by atomic mass is 10.1. The van der Waals surface area contributed by atoms with Crippen molar-refractivity contribution in [1.82, 2.24) is 5.32 Å². The van der Waals surface area contributed by atoms with Gasteiger partial charge in [-0.05, 0) is 36.3 Å². The summed E-state index contributed by atoms with van der Waals surface area (Å²) in [6.45, 7) is 5.84. The maximum atomic E-state index is 13.2. The molecule has 27 heavy (non-hydrogen) atoms. The zero-order valence-corrected chi connectivity index (χ0v) is 14.7.